The van der Waals surface area contributed by atoms with Gasteiger partial charge in [-0.2, -0.15) is 0 Å². The van der Waals surface area contributed by atoms with Crippen LogP contribution in [0, 0.1) is 11.3 Å². The largest absolute Gasteiger partial charge is 0.372 e. The fourth-order valence-corrected chi connectivity index (χ4v) is 7.75. The molecule has 2 saturated heterocycles. The van der Waals surface area contributed by atoms with E-state index in [-0.39, 0.29) is 12.4 Å². The number of ether oxygens (including phenoxy) is 1. The van der Waals surface area contributed by atoms with Gasteiger partial charge in [0.05, 0.1) is 12.2 Å². The molecule has 3 saturated carbocycles. The molecule has 5 fully saturated rings. The first-order chi connectivity index (χ1) is 16.6. The predicted molar refractivity (Wildman–Crippen MR) is 149 cm³/mol. The molecule has 2 atom stereocenters. The summed E-state index contributed by atoms with van der Waals surface area (Å²) < 4.78 is 6.04. The van der Waals surface area contributed by atoms with Crippen molar-refractivity contribution in [3.8, 4) is 0 Å². The highest BCUT2D eigenvalue weighted by molar-refractivity contribution is 5.85. The first-order valence-electron chi connectivity index (χ1n) is 14.6. The fourth-order valence-electron chi connectivity index (χ4n) is 7.75. The first-order valence-corrected chi connectivity index (χ1v) is 14.6. The van der Waals surface area contributed by atoms with E-state index in [0.29, 0.717) is 17.6 Å². The molecule has 1 spiro atoms. The third-order valence-corrected chi connectivity index (χ3v) is 9.87. The number of rotatable bonds is 5. The lowest BCUT2D eigenvalue weighted by Crippen LogP contribution is -2.47. The van der Waals surface area contributed by atoms with Gasteiger partial charge in [0.15, 0.2) is 0 Å². The van der Waals surface area contributed by atoms with Crippen molar-refractivity contribution in [2.24, 2.45) is 11.3 Å². The Morgan fingerprint density at radius 2 is 1.49 bits per heavy atom. The zero-order valence-corrected chi connectivity index (χ0v) is 23.0. The SMILES string of the molecule is C[C@@H]1CN(c2ccc(N3CCN(CC4CC4)CC3)c(C3CCC4(CCCC4)CC3)c2)C[C@H](C)O1.Cl. The summed E-state index contributed by atoms with van der Waals surface area (Å²) in [5.41, 5.74) is 5.34. The van der Waals surface area contributed by atoms with Crippen molar-refractivity contribution in [2.45, 2.75) is 96.2 Å². The van der Waals surface area contributed by atoms with Crippen LogP contribution in [0.2, 0.25) is 0 Å². The molecular weight excluding hydrogens is 454 g/mol. The number of hydrogen-bond donors (Lipinski definition) is 0. The molecule has 0 aromatic heterocycles. The Labute approximate surface area is 220 Å². The van der Waals surface area contributed by atoms with Crippen LogP contribution in [0.4, 0.5) is 11.4 Å². The van der Waals surface area contributed by atoms with Crippen LogP contribution < -0.4 is 9.80 Å². The minimum atomic E-state index is 0. The van der Waals surface area contributed by atoms with Crippen LogP contribution in [0.1, 0.15) is 89.5 Å². The van der Waals surface area contributed by atoms with Crippen LogP contribution in [0.3, 0.4) is 0 Å². The monoisotopic (exact) mass is 501 g/mol. The van der Waals surface area contributed by atoms with Crippen molar-refractivity contribution < 1.29 is 4.74 Å². The summed E-state index contributed by atoms with van der Waals surface area (Å²) in [4.78, 5) is 8.04. The van der Waals surface area contributed by atoms with Crippen LogP contribution in [0.25, 0.3) is 0 Å². The van der Waals surface area contributed by atoms with Gasteiger partial charge in [-0.3, -0.25) is 4.90 Å². The molecule has 2 heterocycles. The number of anilines is 2. The lowest BCUT2D eigenvalue weighted by Gasteiger charge is -2.42. The minimum absolute atomic E-state index is 0. The van der Waals surface area contributed by atoms with Crippen LogP contribution in [-0.4, -0.2) is 62.9 Å². The Bertz CT molecular complexity index is 824. The molecule has 35 heavy (non-hydrogen) atoms. The zero-order chi connectivity index (χ0) is 23.1. The molecule has 5 heteroatoms. The number of hydrogen-bond acceptors (Lipinski definition) is 4. The maximum atomic E-state index is 6.04. The van der Waals surface area contributed by atoms with E-state index in [1.165, 1.54) is 103 Å². The number of morpholine rings is 1. The average Bonchev–Trinajstić information content (AvgIpc) is 3.55. The topological polar surface area (TPSA) is 19.0 Å². The molecular formula is C30H48ClN3O. The van der Waals surface area contributed by atoms with Gasteiger partial charge in [0.1, 0.15) is 0 Å². The van der Waals surface area contributed by atoms with Gasteiger partial charge < -0.3 is 14.5 Å². The number of piperazine rings is 1. The smallest absolute Gasteiger partial charge is 0.0726 e. The van der Waals surface area contributed by atoms with E-state index in [4.69, 9.17) is 4.74 Å². The summed E-state index contributed by atoms with van der Waals surface area (Å²) in [5, 5.41) is 0. The van der Waals surface area contributed by atoms with Crippen LogP contribution in [0.15, 0.2) is 18.2 Å². The predicted octanol–water partition coefficient (Wildman–Crippen LogP) is 6.47. The number of benzene rings is 1. The normalized spacial score (nSPS) is 30.0. The summed E-state index contributed by atoms with van der Waals surface area (Å²) in [6.07, 6.45) is 15.2. The minimum Gasteiger partial charge on any atom is -0.372 e. The molecule has 1 aromatic rings. The molecule has 6 rings (SSSR count). The molecule has 0 N–H and O–H groups in total. The van der Waals surface area contributed by atoms with E-state index < -0.39 is 0 Å². The van der Waals surface area contributed by atoms with Crippen molar-refractivity contribution in [1.82, 2.24) is 4.90 Å². The van der Waals surface area contributed by atoms with Gasteiger partial charge >= 0.3 is 0 Å². The summed E-state index contributed by atoms with van der Waals surface area (Å²) >= 11 is 0. The fraction of sp³-hybridized carbons (Fsp3) is 0.800. The zero-order valence-electron chi connectivity index (χ0n) is 22.2. The Morgan fingerprint density at radius 1 is 0.829 bits per heavy atom. The highest BCUT2D eigenvalue weighted by Gasteiger charge is 2.39. The van der Waals surface area contributed by atoms with E-state index in [1.54, 1.807) is 11.3 Å². The Hall–Kier alpha value is -0.970. The van der Waals surface area contributed by atoms with E-state index in [2.05, 4.69) is 46.7 Å². The standard InChI is InChI=1S/C30H47N3O.ClH/c1-23-20-33(21-24(2)34-23)27-7-8-29(32-17-15-31(16-18-32)22-25-5-6-25)28(19-27)26-9-13-30(14-10-26)11-3-4-12-30;/h7-8,19,23-26H,3-6,9-18,20-22H2,1-2H3;1H/t23-,24+;. The van der Waals surface area contributed by atoms with Gasteiger partial charge in [-0.05, 0) is 106 Å². The second kappa shape index (κ2) is 10.8. The van der Waals surface area contributed by atoms with Gasteiger partial charge in [0.2, 0.25) is 0 Å². The number of halogens is 1. The van der Waals surface area contributed by atoms with Gasteiger partial charge in [-0.1, -0.05) is 12.8 Å². The molecule has 196 valence electrons. The molecule has 0 amide bonds. The van der Waals surface area contributed by atoms with Gasteiger partial charge in [0.25, 0.3) is 0 Å². The van der Waals surface area contributed by atoms with Gasteiger partial charge in [-0.15, -0.1) is 12.4 Å². The van der Waals surface area contributed by atoms with Crippen molar-refractivity contribution in [2.75, 3.05) is 55.6 Å². The maximum Gasteiger partial charge on any atom is 0.0726 e. The second-order valence-corrected chi connectivity index (χ2v) is 12.6. The highest BCUT2D eigenvalue weighted by Crippen LogP contribution is 2.53. The summed E-state index contributed by atoms with van der Waals surface area (Å²) in [6, 6.07) is 7.52. The van der Waals surface area contributed by atoms with Gasteiger partial charge in [0, 0.05) is 57.2 Å². The molecule has 4 nitrogen and oxygen atoms in total. The Balaban J connectivity index is 0.00000253. The van der Waals surface area contributed by atoms with Crippen LogP contribution in [0.5, 0.6) is 0 Å². The summed E-state index contributed by atoms with van der Waals surface area (Å²) in [6.45, 7) is 12.7. The molecule has 2 aliphatic heterocycles. The summed E-state index contributed by atoms with van der Waals surface area (Å²) in [7, 11) is 0. The van der Waals surface area contributed by atoms with E-state index in [0.717, 1.165) is 24.9 Å². The van der Waals surface area contributed by atoms with E-state index in [1.807, 2.05) is 0 Å². The molecule has 3 aliphatic carbocycles. The average molecular weight is 502 g/mol. The second-order valence-electron chi connectivity index (χ2n) is 12.6. The number of nitrogens with zero attached hydrogens (tertiary/aromatic N) is 3. The quantitative estimate of drug-likeness (QED) is 0.460. The lowest BCUT2D eigenvalue weighted by atomic mass is 9.68. The summed E-state index contributed by atoms with van der Waals surface area (Å²) in [5.74, 6) is 1.74. The third-order valence-electron chi connectivity index (χ3n) is 9.87. The van der Waals surface area contributed by atoms with Crippen molar-refractivity contribution in [3.05, 3.63) is 23.8 Å². The van der Waals surface area contributed by atoms with Crippen LogP contribution >= 0.6 is 12.4 Å². The molecule has 0 radical (unpaired) electrons. The highest BCUT2D eigenvalue weighted by atomic mass is 35.5. The molecule has 1 aromatic carbocycles. The molecule has 0 unspecified atom stereocenters. The van der Waals surface area contributed by atoms with Crippen molar-refractivity contribution in [1.29, 1.82) is 0 Å². The van der Waals surface area contributed by atoms with Crippen molar-refractivity contribution in [3.63, 3.8) is 0 Å². The Kier molecular flexibility index (Phi) is 7.92. The Morgan fingerprint density at radius 3 is 2.11 bits per heavy atom. The third kappa shape index (κ3) is 5.80. The molecule has 5 aliphatic rings. The first kappa shape index (κ1) is 25.7. The van der Waals surface area contributed by atoms with Crippen molar-refractivity contribution >= 4 is 23.8 Å². The van der Waals surface area contributed by atoms with Gasteiger partial charge in [-0.25, -0.2) is 0 Å². The lowest BCUT2D eigenvalue weighted by molar-refractivity contribution is -0.00522. The van der Waals surface area contributed by atoms with E-state index >= 15 is 0 Å². The molecule has 0 bridgehead atoms. The van der Waals surface area contributed by atoms with E-state index in [9.17, 15) is 0 Å². The maximum absolute atomic E-state index is 6.04. The van der Waals surface area contributed by atoms with Crippen LogP contribution in [-0.2, 0) is 4.74 Å².